The second kappa shape index (κ2) is 8.40. The summed E-state index contributed by atoms with van der Waals surface area (Å²) in [6.45, 7) is 4.64. The molecule has 1 aliphatic heterocycles. The molecule has 6 nitrogen and oxygen atoms in total. The summed E-state index contributed by atoms with van der Waals surface area (Å²) in [5.74, 6) is 1.21. The minimum absolute atomic E-state index is 0.217. The highest BCUT2D eigenvalue weighted by Crippen LogP contribution is 2.12. The molecule has 6 heteroatoms. The Hall–Kier alpha value is -2.47. The van der Waals surface area contributed by atoms with E-state index in [1.807, 2.05) is 41.4 Å². The molecular formula is C18H23N5O. The lowest BCUT2D eigenvalue weighted by molar-refractivity contribution is -0.131. The van der Waals surface area contributed by atoms with Gasteiger partial charge in [-0.2, -0.15) is 0 Å². The lowest BCUT2D eigenvalue weighted by Gasteiger charge is -2.35. The summed E-state index contributed by atoms with van der Waals surface area (Å²) in [5.41, 5.74) is 1.13. The van der Waals surface area contributed by atoms with Crippen molar-refractivity contribution in [2.24, 2.45) is 0 Å². The van der Waals surface area contributed by atoms with Crippen molar-refractivity contribution in [2.45, 2.75) is 13.0 Å². The molecule has 1 aliphatic rings. The van der Waals surface area contributed by atoms with E-state index < -0.39 is 0 Å². The monoisotopic (exact) mass is 325 g/mol. The van der Waals surface area contributed by atoms with Crippen LogP contribution < -0.4 is 10.2 Å². The lowest BCUT2D eigenvalue weighted by atomic mass is 10.2. The van der Waals surface area contributed by atoms with Gasteiger partial charge in [-0.05, 0) is 23.8 Å². The number of carbonyl (C=O) groups is 1. The Kier molecular flexibility index (Phi) is 5.74. The summed E-state index contributed by atoms with van der Waals surface area (Å²) in [4.78, 5) is 24.9. The second-order valence-corrected chi connectivity index (χ2v) is 5.84. The fourth-order valence-electron chi connectivity index (χ4n) is 2.81. The number of piperazine rings is 1. The predicted molar refractivity (Wildman–Crippen MR) is 93.6 cm³/mol. The van der Waals surface area contributed by atoms with Gasteiger partial charge in [-0.25, -0.2) is 4.98 Å². The van der Waals surface area contributed by atoms with Crippen LogP contribution >= 0.6 is 0 Å². The third-order valence-electron chi connectivity index (χ3n) is 4.17. The normalized spacial score (nSPS) is 14.7. The van der Waals surface area contributed by atoms with Gasteiger partial charge in [-0.15, -0.1) is 0 Å². The fourth-order valence-corrected chi connectivity index (χ4v) is 2.81. The van der Waals surface area contributed by atoms with Gasteiger partial charge in [-0.1, -0.05) is 12.1 Å². The Morgan fingerprint density at radius 3 is 2.67 bits per heavy atom. The van der Waals surface area contributed by atoms with E-state index in [0.29, 0.717) is 13.0 Å². The number of anilines is 1. The number of rotatable bonds is 6. The molecular weight excluding hydrogens is 302 g/mol. The Labute approximate surface area is 142 Å². The molecule has 0 spiro atoms. The molecule has 0 saturated carbocycles. The van der Waals surface area contributed by atoms with Gasteiger partial charge in [0.1, 0.15) is 5.82 Å². The maximum atomic E-state index is 12.3. The van der Waals surface area contributed by atoms with Crippen molar-refractivity contribution in [1.29, 1.82) is 0 Å². The summed E-state index contributed by atoms with van der Waals surface area (Å²) < 4.78 is 0. The third kappa shape index (κ3) is 4.52. The second-order valence-electron chi connectivity index (χ2n) is 5.84. The van der Waals surface area contributed by atoms with Gasteiger partial charge in [0.05, 0.1) is 0 Å². The first kappa shape index (κ1) is 16.4. The maximum Gasteiger partial charge on any atom is 0.223 e. The molecule has 1 N–H and O–H groups in total. The lowest BCUT2D eigenvalue weighted by Crippen LogP contribution is -2.49. The Balaban J connectivity index is 1.36. The summed E-state index contributed by atoms with van der Waals surface area (Å²) in [6, 6.07) is 9.87. The number of nitrogens with zero attached hydrogens (tertiary/aromatic N) is 4. The highest BCUT2D eigenvalue weighted by molar-refractivity contribution is 5.76. The first-order valence-corrected chi connectivity index (χ1v) is 8.36. The summed E-state index contributed by atoms with van der Waals surface area (Å²) in [6.07, 6.45) is 5.94. The van der Waals surface area contributed by atoms with Gasteiger partial charge in [-0.3, -0.25) is 9.78 Å². The van der Waals surface area contributed by atoms with E-state index in [1.165, 1.54) is 0 Å². The van der Waals surface area contributed by atoms with E-state index in [-0.39, 0.29) is 5.91 Å². The van der Waals surface area contributed by atoms with Gasteiger partial charge in [0.25, 0.3) is 0 Å². The number of aromatic nitrogens is 2. The van der Waals surface area contributed by atoms with Crippen molar-refractivity contribution in [1.82, 2.24) is 20.2 Å². The molecule has 0 bridgehead atoms. The van der Waals surface area contributed by atoms with E-state index in [4.69, 9.17) is 0 Å². The Bertz CT molecular complexity index is 626. The molecule has 0 unspecified atom stereocenters. The number of hydrogen-bond acceptors (Lipinski definition) is 5. The molecule has 1 saturated heterocycles. The van der Waals surface area contributed by atoms with E-state index in [0.717, 1.165) is 44.1 Å². The van der Waals surface area contributed by atoms with Gasteiger partial charge < -0.3 is 15.1 Å². The van der Waals surface area contributed by atoms with Crippen molar-refractivity contribution < 1.29 is 4.79 Å². The predicted octanol–water partition coefficient (Wildman–Crippen LogP) is 1.31. The SMILES string of the molecule is O=C(CCNCc1cccnc1)N1CCN(c2ccccn2)CC1. The van der Waals surface area contributed by atoms with Crippen molar-refractivity contribution >= 4 is 11.7 Å². The van der Waals surface area contributed by atoms with Gasteiger partial charge in [0.15, 0.2) is 0 Å². The average Bonchev–Trinajstić information content (AvgIpc) is 2.67. The molecule has 3 rings (SSSR count). The van der Waals surface area contributed by atoms with E-state index in [2.05, 4.69) is 20.2 Å². The van der Waals surface area contributed by atoms with Crippen LogP contribution in [-0.4, -0.2) is 53.5 Å². The maximum absolute atomic E-state index is 12.3. The van der Waals surface area contributed by atoms with Crippen LogP contribution in [0.15, 0.2) is 48.9 Å². The van der Waals surface area contributed by atoms with Crippen molar-refractivity contribution in [3.8, 4) is 0 Å². The third-order valence-corrected chi connectivity index (χ3v) is 4.17. The quantitative estimate of drug-likeness (QED) is 0.811. The Morgan fingerprint density at radius 1 is 1.08 bits per heavy atom. The Morgan fingerprint density at radius 2 is 1.96 bits per heavy atom. The van der Waals surface area contributed by atoms with Crippen molar-refractivity contribution in [3.05, 3.63) is 54.5 Å². The zero-order chi connectivity index (χ0) is 16.6. The molecule has 0 radical (unpaired) electrons. The molecule has 2 aromatic heterocycles. The number of carbonyl (C=O) groups excluding carboxylic acids is 1. The summed E-state index contributed by atoms with van der Waals surface area (Å²) >= 11 is 0. The van der Waals surface area contributed by atoms with Crippen LogP contribution in [-0.2, 0) is 11.3 Å². The summed E-state index contributed by atoms with van der Waals surface area (Å²) in [5, 5.41) is 3.30. The fraction of sp³-hybridized carbons (Fsp3) is 0.389. The number of hydrogen-bond donors (Lipinski definition) is 1. The highest BCUT2D eigenvalue weighted by Gasteiger charge is 2.21. The van der Waals surface area contributed by atoms with Crippen LogP contribution in [0.1, 0.15) is 12.0 Å². The number of pyridine rings is 2. The average molecular weight is 325 g/mol. The smallest absolute Gasteiger partial charge is 0.223 e. The van der Waals surface area contributed by atoms with E-state index in [1.54, 1.807) is 12.4 Å². The summed E-state index contributed by atoms with van der Waals surface area (Å²) in [7, 11) is 0. The minimum Gasteiger partial charge on any atom is -0.353 e. The molecule has 3 heterocycles. The van der Waals surface area contributed by atoms with Crippen LogP contribution in [0.5, 0.6) is 0 Å². The topological polar surface area (TPSA) is 61.4 Å². The largest absolute Gasteiger partial charge is 0.353 e. The molecule has 0 aliphatic carbocycles. The zero-order valence-corrected chi connectivity index (χ0v) is 13.8. The molecule has 2 aromatic rings. The van der Waals surface area contributed by atoms with Crippen molar-refractivity contribution in [2.75, 3.05) is 37.6 Å². The molecule has 24 heavy (non-hydrogen) atoms. The molecule has 1 amide bonds. The van der Waals surface area contributed by atoms with Crippen LogP contribution in [0.3, 0.4) is 0 Å². The van der Waals surface area contributed by atoms with Crippen molar-refractivity contribution in [3.63, 3.8) is 0 Å². The molecule has 1 fully saturated rings. The molecule has 0 aromatic carbocycles. The van der Waals surface area contributed by atoms with Crippen LogP contribution in [0.4, 0.5) is 5.82 Å². The standard InChI is InChI=1S/C18H23N5O/c24-18(6-9-20-15-16-4-3-7-19-14-16)23-12-10-22(11-13-23)17-5-1-2-8-21-17/h1-5,7-8,14,20H,6,9-13,15H2. The van der Waals surface area contributed by atoms with Gasteiger partial charge >= 0.3 is 0 Å². The van der Waals surface area contributed by atoms with Gasteiger partial charge in [0, 0.05) is 64.3 Å². The number of nitrogens with one attached hydrogen (secondary N) is 1. The number of amides is 1. The van der Waals surface area contributed by atoms with Crippen LogP contribution in [0, 0.1) is 0 Å². The molecule has 0 atom stereocenters. The van der Waals surface area contributed by atoms with Crippen LogP contribution in [0.25, 0.3) is 0 Å². The van der Waals surface area contributed by atoms with Gasteiger partial charge in [0.2, 0.25) is 5.91 Å². The first-order chi connectivity index (χ1) is 11.8. The first-order valence-electron chi connectivity index (χ1n) is 8.36. The zero-order valence-electron chi connectivity index (χ0n) is 13.8. The minimum atomic E-state index is 0.217. The van der Waals surface area contributed by atoms with E-state index >= 15 is 0 Å². The van der Waals surface area contributed by atoms with E-state index in [9.17, 15) is 4.79 Å². The highest BCUT2D eigenvalue weighted by atomic mass is 16.2. The molecule has 126 valence electrons. The van der Waals surface area contributed by atoms with Crippen LogP contribution in [0.2, 0.25) is 0 Å².